The molecule has 3 aromatic rings. The number of hydrogen-bond acceptors (Lipinski definition) is 1. The van der Waals surface area contributed by atoms with Crippen LogP contribution in [0, 0.1) is 17.3 Å². The van der Waals surface area contributed by atoms with Crippen molar-refractivity contribution < 1.29 is 4.43 Å². The Balaban J connectivity index is 1.40. The fourth-order valence-corrected chi connectivity index (χ4v) is 11.6. The Bertz CT molecular complexity index is 1270. The second-order valence-electron chi connectivity index (χ2n) is 11.4. The zero-order valence-electron chi connectivity index (χ0n) is 23.1. The Labute approximate surface area is 235 Å². The molecule has 1 fully saturated rings. The number of hydrogen-bond donors (Lipinski definition) is 0. The van der Waals surface area contributed by atoms with Crippen LogP contribution in [0.25, 0.3) is 0 Å². The number of benzene rings is 3. The van der Waals surface area contributed by atoms with Crippen LogP contribution in [0.5, 0.6) is 0 Å². The zero-order valence-corrected chi connectivity index (χ0v) is 24.1. The van der Waals surface area contributed by atoms with Crippen LogP contribution in [0.15, 0.2) is 139 Å². The van der Waals surface area contributed by atoms with E-state index >= 15 is 0 Å². The summed E-state index contributed by atoms with van der Waals surface area (Å²) in [6.07, 6.45) is 21.3. The van der Waals surface area contributed by atoms with Gasteiger partial charge >= 0.3 is 0 Å². The molecule has 2 heteroatoms. The summed E-state index contributed by atoms with van der Waals surface area (Å²) in [5.74, 6) is 1.33. The van der Waals surface area contributed by atoms with Crippen molar-refractivity contribution in [3.63, 3.8) is 0 Å². The maximum Gasteiger partial charge on any atom is 0.288 e. The lowest BCUT2D eigenvalue weighted by molar-refractivity contribution is 0.166. The second-order valence-corrected chi connectivity index (χ2v) is 14.8. The molecule has 0 bridgehead atoms. The van der Waals surface area contributed by atoms with Gasteiger partial charge in [-0.2, -0.15) is 0 Å². The number of allylic oxidation sites excluding steroid dienone is 8. The smallest absolute Gasteiger partial charge is 0.288 e. The molecular weight excluding hydrogens is 488 g/mol. The van der Waals surface area contributed by atoms with Gasteiger partial charge in [-0.05, 0) is 65.9 Å². The van der Waals surface area contributed by atoms with Crippen LogP contribution in [0.2, 0.25) is 0 Å². The fourth-order valence-electron chi connectivity index (χ4n) is 7.69. The molecule has 3 aliphatic rings. The molecule has 0 spiro atoms. The van der Waals surface area contributed by atoms with E-state index in [-0.39, 0.29) is 5.41 Å². The first-order valence-electron chi connectivity index (χ1n) is 14.8. The molecule has 1 saturated carbocycles. The van der Waals surface area contributed by atoms with Crippen LogP contribution < -0.4 is 15.6 Å². The molecule has 0 amide bonds. The predicted molar refractivity (Wildman–Crippen MR) is 167 cm³/mol. The first-order chi connectivity index (χ1) is 19.3. The minimum Gasteiger partial charge on any atom is -0.404 e. The highest BCUT2D eigenvalue weighted by atomic mass is 28.4. The highest BCUT2D eigenvalue weighted by Gasteiger charge is 2.48. The first kappa shape index (κ1) is 26.0. The summed E-state index contributed by atoms with van der Waals surface area (Å²) in [5, 5.41) is 3.94. The normalized spacial score (nSPS) is 21.8. The van der Waals surface area contributed by atoms with E-state index in [0.717, 1.165) is 31.8 Å². The molecule has 3 unspecified atom stereocenters. The summed E-state index contributed by atoms with van der Waals surface area (Å²) in [4.78, 5) is 0. The van der Waals surface area contributed by atoms with Crippen LogP contribution in [-0.2, 0) is 4.43 Å². The van der Waals surface area contributed by atoms with Gasteiger partial charge in [0.25, 0.3) is 8.32 Å². The van der Waals surface area contributed by atoms with Gasteiger partial charge in [-0.1, -0.05) is 146 Å². The van der Waals surface area contributed by atoms with Crippen molar-refractivity contribution in [2.45, 2.75) is 45.4 Å². The number of fused-ring (bicyclic) bond motifs is 1. The summed E-state index contributed by atoms with van der Waals surface area (Å²) < 4.78 is 7.46. The minimum absolute atomic E-state index is 0.138. The molecular formula is C37H40OSi. The SMILES string of the molecule is CCC(CCO[Si](c1ccccc1)(c1ccccc1)c1ccccc1)(C1=CC=CC1)C1CCC2CC=CC=C21. The molecule has 198 valence electrons. The Morgan fingerprint density at radius 1 is 0.744 bits per heavy atom. The zero-order chi connectivity index (χ0) is 26.5. The Morgan fingerprint density at radius 3 is 1.87 bits per heavy atom. The molecule has 0 saturated heterocycles. The molecule has 1 nitrogen and oxygen atoms in total. The van der Waals surface area contributed by atoms with Crippen LogP contribution in [0.3, 0.4) is 0 Å². The maximum atomic E-state index is 7.46. The molecule has 0 heterocycles. The van der Waals surface area contributed by atoms with E-state index in [9.17, 15) is 0 Å². The van der Waals surface area contributed by atoms with Gasteiger partial charge in [-0.3, -0.25) is 0 Å². The fraction of sp³-hybridized carbons (Fsp3) is 0.297. The van der Waals surface area contributed by atoms with E-state index in [1.165, 1.54) is 34.8 Å². The lowest BCUT2D eigenvalue weighted by Gasteiger charge is -2.43. The average Bonchev–Trinajstić information content (AvgIpc) is 3.71. The van der Waals surface area contributed by atoms with Crippen molar-refractivity contribution in [2.75, 3.05) is 6.61 Å². The average molecular weight is 529 g/mol. The van der Waals surface area contributed by atoms with Gasteiger partial charge in [0.1, 0.15) is 0 Å². The molecule has 3 atom stereocenters. The summed E-state index contributed by atoms with van der Waals surface area (Å²) in [6, 6.07) is 33.0. The van der Waals surface area contributed by atoms with E-state index in [4.69, 9.17) is 4.43 Å². The third-order valence-corrected chi connectivity index (χ3v) is 13.7. The third kappa shape index (κ3) is 4.75. The van der Waals surface area contributed by atoms with Crippen LogP contribution in [-0.4, -0.2) is 14.9 Å². The summed E-state index contributed by atoms with van der Waals surface area (Å²) in [7, 11) is -2.71. The molecule has 3 aliphatic carbocycles. The van der Waals surface area contributed by atoms with Crippen molar-refractivity contribution in [3.05, 3.63) is 139 Å². The highest BCUT2D eigenvalue weighted by Crippen LogP contribution is 2.56. The van der Waals surface area contributed by atoms with Gasteiger partial charge in [-0.15, -0.1) is 0 Å². The van der Waals surface area contributed by atoms with E-state index in [1.807, 2.05) is 0 Å². The van der Waals surface area contributed by atoms with Crippen LogP contribution in [0.1, 0.15) is 45.4 Å². The van der Waals surface area contributed by atoms with Gasteiger partial charge in [0.15, 0.2) is 0 Å². The van der Waals surface area contributed by atoms with Crippen molar-refractivity contribution in [1.82, 2.24) is 0 Å². The van der Waals surface area contributed by atoms with E-state index < -0.39 is 8.32 Å². The standard InChI is InChI=1S/C37H40OSi/c1-2-37(31-17-13-14-18-31,36-27-26-30-16-12-15-25-35(30)36)28-29-38-39(32-19-6-3-7-20-32,33-21-8-4-9-22-33)34-23-10-5-11-24-34/h3-15,17,19-25,30,36H,2,16,18,26-29H2,1H3. The third-order valence-electron chi connectivity index (χ3n) is 9.64. The molecule has 6 rings (SSSR count). The summed E-state index contributed by atoms with van der Waals surface area (Å²) in [6.45, 7) is 3.17. The molecule has 3 aromatic carbocycles. The van der Waals surface area contributed by atoms with Gasteiger partial charge in [0.2, 0.25) is 0 Å². The quantitative estimate of drug-likeness (QED) is 0.199. The highest BCUT2D eigenvalue weighted by molar-refractivity contribution is 7.07. The Morgan fingerprint density at radius 2 is 1.33 bits per heavy atom. The number of rotatable bonds is 10. The summed E-state index contributed by atoms with van der Waals surface area (Å²) >= 11 is 0. The molecule has 0 radical (unpaired) electrons. The lowest BCUT2D eigenvalue weighted by atomic mass is 9.63. The van der Waals surface area contributed by atoms with E-state index in [1.54, 1.807) is 11.1 Å². The van der Waals surface area contributed by atoms with Crippen LogP contribution in [0.4, 0.5) is 0 Å². The van der Waals surface area contributed by atoms with Crippen molar-refractivity contribution in [2.24, 2.45) is 17.3 Å². The van der Waals surface area contributed by atoms with E-state index in [2.05, 4.69) is 134 Å². The van der Waals surface area contributed by atoms with Crippen molar-refractivity contribution in [3.8, 4) is 0 Å². The minimum atomic E-state index is -2.71. The first-order valence-corrected chi connectivity index (χ1v) is 16.7. The maximum absolute atomic E-state index is 7.46. The summed E-state index contributed by atoms with van der Waals surface area (Å²) in [5.41, 5.74) is 3.45. The Kier molecular flexibility index (Phi) is 7.68. The Hall–Kier alpha value is -3.20. The van der Waals surface area contributed by atoms with Gasteiger partial charge in [0, 0.05) is 12.0 Å². The van der Waals surface area contributed by atoms with Gasteiger partial charge in [-0.25, -0.2) is 0 Å². The predicted octanol–water partition coefficient (Wildman–Crippen LogP) is 7.26. The van der Waals surface area contributed by atoms with Crippen molar-refractivity contribution >= 4 is 23.9 Å². The molecule has 0 N–H and O–H groups in total. The lowest BCUT2D eigenvalue weighted by Crippen LogP contribution is -2.69. The van der Waals surface area contributed by atoms with Gasteiger partial charge in [0.05, 0.1) is 0 Å². The monoisotopic (exact) mass is 528 g/mol. The topological polar surface area (TPSA) is 9.23 Å². The molecule has 39 heavy (non-hydrogen) atoms. The van der Waals surface area contributed by atoms with E-state index in [0.29, 0.717) is 5.92 Å². The van der Waals surface area contributed by atoms with Gasteiger partial charge < -0.3 is 4.43 Å². The van der Waals surface area contributed by atoms with Crippen LogP contribution >= 0.6 is 0 Å². The molecule has 0 aromatic heterocycles. The molecule has 0 aliphatic heterocycles. The van der Waals surface area contributed by atoms with Crippen molar-refractivity contribution in [1.29, 1.82) is 0 Å². The second kappa shape index (κ2) is 11.5. The largest absolute Gasteiger partial charge is 0.404 e.